The quantitative estimate of drug-likeness (QED) is 0.732. The smallest absolute Gasteiger partial charge is 0.274 e. The van der Waals surface area contributed by atoms with Crippen LogP contribution in [-0.4, -0.2) is 39.1 Å². The molecular weight excluding hydrogens is 350 g/mol. The number of pyridine rings is 1. The minimum atomic E-state index is -0.251. The number of nitrogens with zero attached hydrogens (tertiary/aromatic N) is 3. The van der Waals surface area contributed by atoms with Gasteiger partial charge >= 0.3 is 0 Å². The number of rotatable bonds is 4. The van der Waals surface area contributed by atoms with E-state index in [9.17, 15) is 4.79 Å². The van der Waals surface area contributed by atoms with Crippen molar-refractivity contribution in [3.63, 3.8) is 0 Å². The Kier molecular flexibility index (Phi) is 4.86. The Balaban J connectivity index is 1.50. The summed E-state index contributed by atoms with van der Waals surface area (Å²) in [6.07, 6.45) is 7.05. The van der Waals surface area contributed by atoms with E-state index in [2.05, 4.69) is 25.4 Å². The van der Waals surface area contributed by atoms with Crippen LogP contribution < -0.4 is 5.32 Å². The van der Waals surface area contributed by atoms with Crippen molar-refractivity contribution in [2.24, 2.45) is 0 Å². The molecule has 1 fully saturated rings. The molecular formula is C19H20ClN5O. The second-order valence-corrected chi connectivity index (χ2v) is 7.03. The number of hydrogen-bond donors (Lipinski definition) is 2. The second-order valence-electron chi connectivity index (χ2n) is 6.62. The number of nitrogens with one attached hydrogen (secondary N) is 2. The molecule has 0 saturated carbocycles. The molecule has 0 bridgehead atoms. The number of piperidine rings is 1. The monoisotopic (exact) mass is 369 g/mol. The number of hydrogen-bond acceptors (Lipinski definition) is 4. The normalized spacial score (nSPS) is 15.3. The van der Waals surface area contributed by atoms with Gasteiger partial charge in [-0.15, -0.1) is 0 Å². The van der Waals surface area contributed by atoms with Crippen LogP contribution in [0.3, 0.4) is 0 Å². The lowest BCUT2D eigenvalue weighted by molar-refractivity contribution is 0.102. The Morgan fingerprint density at radius 2 is 2.04 bits per heavy atom. The molecule has 1 aliphatic rings. The van der Waals surface area contributed by atoms with E-state index in [1.807, 2.05) is 18.2 Å². The molecule has 1 aromatic carbocycles. The van der Waals surface area contributed by atoms with Crippen LogP contribution >= 0.6 is 11.6 Å². The van der Waals surface area contributed by atoms with Gasteiger partial charge in [-0.2, -0.15) is 5.10 Å². The Morgan fingerprint density at radius 1 is 1.19 bits per heavy atom. The molecule has 2 aromatic heterocycles. The van der Waals surface area contributed by atoms with E-state index in [0.29, 0.717) is 5.69 Å². The summed E-state index contributed by atoms with van der Waals surface area (Å²) >= 11 is 6.36. The molecule has 6 nitrogen and oxygen atoms in total. The number of halogens is 1. The summed E-state index contributed by atoms with van der Waals surface area (Å²) in [6.45, 7) is 3.00. The lowest BCUT2D eigenvalue weighted by Gasteiger charge is -2.27. The Hall–Kier alpha value is -2.44. The minimum Gasteiger partial charge on any atom is -0.321 e. The lowest BCUT2D eigenvalue weighted by atomic mass is 10.1. The molecule has 4 rings (SSSR count). The number of likely N-dealkylation sites (tertiary alicyclic amines) is 1. The number of aromatic nitrogens is 3. The number of benzene rings is 1. The third-order valence-electron chi connectivity index (χ3n) is 4.70. The minimum absolute atomic E-state index is 0.251. The van der Waals surface area contributed by atoms with Gasteiger partial charge in [-0.25, -0.2) is 4.98 Å². The SMILES string of the molecule is O=C(Nc1ccc(Cl)c(CN2CCCCC2)c1)c1cc2cn[nH]c2cn1. The fourth-order valence-electron chi connectivity index (χ4n) is 3.29. The molecule has 0 spiro atoms. The summed E-state index contributed by atoms with van der Waals surface area (Å²) in [7, 11) is 0. The van der Waals surface area contributed by atoms with Gasteiger partial charge in [0.1, 0.15) is 5.69 Å². The number of aromatic amines is 1. The van der Waals surface area contributed by atoms with Gasteiger partial charge in [-0.1, -0.05) is 18.0 Å². The van der Waals surface area contributed by atoms with Crippen molar-refractivity contribution in [1.82, 2.24) is 20.1 Å². The molecule has 1 aliphatic heterocycles. The number of fused-ring (bicyclic) bond motifs is 1. The maximum Gasteiger partial charge on any atom is 0.274 e. The zero-order valence-corrected chi connectivity index (χ0v) is 15.1. The van der Waals surface area contributed by atoms with Gasteiger partial charge in [0.25, 0.3) is 5.91 Å². The molecule has 1 amide bonds. The first-order valence-corrected chi connectivity index (χ1v) is 9.18. The van der Waals surface area contributed by atoms with Crippen LogP contribution in [0.15, 0.2) is 36.7 Å². The fraction of sp³-hybridized carbons (Fsp3) is 0.316. The van der Waals surface area contributed by atoms with E-state index >= 15 is 0 Å². The zero-order chi connectivity index (χ0) is 17.9. The molecule has 0 radical (unpaired) electrons. The van der Waals surface area contributed by atoms with Crippen LogP contribution in [0.25, 0.3) is 10.9 Å². The zero-order valence-electron chi connectivity index (χ0n) is 14.3. The highest BCUT2D eigenvalue weighted by atomic mass is 35.5. The molecule has 3 aromatic rings. The van der Waals surface area contributed by atoms with Gasteiger partial charge < -0.3 is 5.32 Å². The largest absolute Gasteiger partial charge is 0.321 e. The Labute approximate surface area is 156 Å². The summed E-state index contributed by atoms with van der Waals surface area (Å²) in [5.74, 6) is -0.251. The van der Waals surface area contributed by atoms with E-state index in [1.165, 1.54) is 19.3 Å². The maximum atomic E-state index is 12.5. The van der Waals surface area contributed by atoms with Crippen molar-refractivity contribution < 1.29 is 4.79 Å². The number of carbonyl (C=O) groups excluding carboxylic acids is 1. The van der Waals surface area contributed by atoms with Crippen molar-refractivity contribution >= 4 is 34.1 Å². The third-order valence-corrected chi connectivity index (χ3v) is 5.07. The van der Waals surface area contributed by atoms with Gasteiger partial charge in [0.05, 0.1) is 17.9 Å². The summed E-state index contributed by atoms with van der Waals surface area (Å²) in [6, 6.07) is 7.32. The molecule has 134 valence electrons. The molecule has 1 saturated heterocycles. The number of H-pyrrole nitrogens is 1. The van der Waals surface area contributed by atoms with E-state index in [1.54, 1.807) is 18.5 Å². The highest BCUT2D eigenvalue weighted by molar-refractivity contribution is 6.31. The first-order valence-electron chi connectivity index (χ1n) is 8.80. The van der Waals surface area contributed by atoms with Gasteiger partial charge in [0.15, 0.2) is 0 Å². The predicted octanol–water partition coefficient (Wildman–Crippen LogP) is 3.85. The number of anilines is 1. The first kappa shape index (κ1) is 17.0. The number of carbonyl (C=O) groups is 1. The summed E-state index contributed by atoms with van der Waals surface area (Å²) in [5, 5.41) is 11.3. The van der Waals surface area contributed by atoms with Gasteiger partial charge in [-0.3, -0.25) is 14.8 Å². The summed E-state index contributed by atoms with van der Waals surface area (Å²) in [5.41, 5.74) is 2.91. The van der Waals surface area contributed by atoms with Gasteiger partial charge in [0, 0.05) is 22.6 Å². The highest BCUT2D eigenvalue weighted by Gasteiger charge is 2.14. The first-order chi connectivity index (χ1) is 12.7. The van der Waals surface area contributed by atoms with E-state index < -0.39 is 0 Å². The van der Waals surface area contributed by atoms with E-state index in [0.717, 1.165) is 46.8 Å². The van der Waals surface area contributed by atoms with Crippen LogP contribution in [0.2, 0.25) is 5.02 Å². The number of amides is 1. The van der Waals surface area contributed by atoms with Gasteiger partial charge in [0.2, 0.25) is 0 Å². The van der Waals surface area contributed by atoms with Crippen LogP contribution in [0.1, 0.15) is 35.3 Å². The topological polar surface area (TPSA) is 73.9 Å². The molecule has 2 N–H and O–H groups in total. The van der Waals surface area contributed by atoms with Crippen LogP contribution in [0, 0.1) is 0 Å². The average molecular weight is 370 g/mol. The van der Waals surface area contributed by atoms with E-state index in [-0.39, 0.29) is 5.91 Å². The van der Waals surface area contributed by atoms with E-state index in [4.69, 9.17) is 11.6 Å². The van der Waals surface area contributed by atoms with Crippen molar-refractivity contribution in [2.45, 2.75) is 25.8 Å². The van der Waals surface area contributed by atoms with Gasteiger partial charge in [-0.05, 0) is 55.8 Å². The average Bonchev–Trinajstić information content (AvgIpc) is 3.13. The maximum absolute atomic E-state index is 12.5. The second kappa shape index (κ2) is 7.43. The highest BCUT2D eigenvalue weighted by Crippen LogP contribution is 2.24. The van der Waals surface area contributed by atoms with Crippen molar-refractivity contribution in [3.8, 4) is 0 Å². The summed E-state index contributed by atoms with van der Waals surface area (Å²) < 4.78 is 0. The standard InChI is InChI=1S/C19H20ClN5O/c20-16-5-4-15(8-14(16)12-25-6-2-1-3-7-25)23-19(26)17-9-13-10-22-24-18(13)11-21-17/h4-5,8-11H,1-3,6-7,12H2,(H,22,24)(H,23,26). The van der Waals surface area contributed by atoms with Crippen LogP contribution in [-0.2, 0) is 6.54 Å². The fourth-order valence-corrected chi connectivity index (χ4v) is 3.47. The Bertz CT molecular complexity index is 933. The molecule has 3 heterocycles. The molecule has 26 heavy (non-hydrogen) atoms. The Morgan fingerprint density at radius 3 is 2.88 bits per heavy atom. The van der Waals surface area contributed by atoms with Crippen molar-refractivity contribution in [1.29, 1.82) is 0 Å². The van der Waals surface area contributed by atoms with Crippen LogP contribution in [0.4, 0.5) is 5.69 Å². The van der Waals surface area contributed by atoms with Crippen molar-refractivity contribution in [2.75, 3.05) is 18.4 Å². The third kappa shape index (κ3) is 3.71. The molecule has 0 atom stereocenters. The van der Waals surface area contributed by atoms with Crippen molar-refractivity contribution in [3.05, 3.63) is 52.9 Å². The summed E-state index contributed by atoms with van der Waals surface area (Å²) in [4.78, 5) is 19.1. The van der Waals surface area contributed by atoms with Crippen LogP contribution in [0.5, 0.6) is 0 Å². The lowest BCUT2D eigenvalue weighted by Crippen LogP contribution is -2.29. The predicted molar refractivity (Wildman–Crippen MR) is 102 cm³/mol. The molecule has 0 unspecified atom stereocenters. The molecule has 7 heteroatoms. The molecule has 0 aliphatic carbocycles.